The summed E-state index contributed by atoms with van der Waals surface area (Å²) in [5.41, 5.74) is 9.69. The van der Waals surface area contributed by atoms with Gasteiger partial charge in [0.25, 0.3) is 11.8 Å². The van der Waals surface area contributed by atoms with Gasteiger partial charge in [-0.25, -0.2) is 28.1 Å². The average molecular weight is 1350 g/mol. The lowest BCUT2D eigenvalue weighted by Crippen LogP contribution is -2.57. The summed E-state index contributed by atoms with van der Waals surface area (Å²) in [4.78, 5) is 88.6. The fourth-order valence-electron chi connectivity index (χ4n) is 16.1. The van der Waals surface area contributed by atoms with Crippen LogP contribution in [0.2, 0.25) is 0 Å². The van der Waals surface area contributed by atoms with Crippen LogP contribution < -0.4 is 25.6 Å². The molecule has 4 aromatic heterocycles. The summed E-state index contributed by atoms with van der Waals surface area (Å²) in [7, 11) is -4.06. The van der Waals surface area contributed by atoms with Crippen LogP contribution >= 0.6 is 22.7 Å². The van der Waals surface area contributed by atoms with Crippen LogP contribution in [0.5, 0.6) is 0 Å². The normalized spacial score (nSPS) is 21.4. The van der Waals surface area contributed by atoms with Crippen LogP contribution in [0.15, 0.2) is 90.6 Å². The maximum Gasteiger partial charge on any atom is 0.284 e. The first-order chi connectivity index (χ1) is 45.6. The van der Waals surface area contributed by atoms with E-state index < -0.39 is 45.4 Å². The standard InChI is InChI=1S/C73H91N11O8S3/c1-45(51-24-26-53(27-25-51)65-46(2)74-44-93-65)76-68(88)60-36-54(85)41-83(60)70(90)66(72(4,5)6)79-63(86)23-14-12-10-8-7-9-11-13-17-32-95(91,92)81-69(89)64-55(57-40-75-84(47(57)3)43-73-37-48-33-49(38-73)35-50(34-48)39-73)28-29-62(78-64)82-31-30-52-19-18-20-56(58(52)42-82)67(87)80-71-77-59-21-15-16-22-61(59)94-71/h15-16,18-22,24-29,40,44-45,48-50,54,60,66,85H,7-14,17,23,30-39,41-43H2,1-6H3,(H,76,88)(H,79,86)(H,81,89)(H,77,80,87)/t45-,48?,49?,50?,54+,60-,66+,73?/m0/s1. The van der Waals surface area contributed by atoms with E-state index in [1.54, 1.807) is 17.5 Å². The zero-order chi connectivity index (χ0) is 66.8. The summed E-state index contributed by atoms with van der Waals surface area (Å²) in [6, 6.07) is 23.1. The fraction of sp³-hybridized carbons (Fsp3) is 0.521. The Labute approximate surface area is 566 Å². The van der Waals surface area contributed by atoms with Gasteiger partial charge in [0.2, 0.25) is 27.7 Å². The molecule has 7 aromatic rings. The van der Waals surface area contributed by atoms with Gasteiger partial charge < -0.3 is 25.5 Å². The van der Waals surface area contributed by atoms with Crippen LogP contribution in [-0.2, 0) is 43.9 Å². The number of aryl methyl sites for hydroxylation is 1. The Hall–Kier alpha value is -7.40. The van der Waals surface area contributed by atoms with Crippen LogP contribution in [0.4, 0.5) is 10.9 Å². The number of aliphatic hydroxyl groups excluding tert-OH is 1. The van der Waals surface area contributed by atoms with Crippen molar-refractivity contribution < 1.29 is 37.5 Å². The molecule has 6 heterocycles. The number of rotatable bonds is 26. The summed E-state index contributed by atoms with van der Waals surface area (Å²) < 4.78 is 33.2. The van der Waals surface area contributed by atoms with Gasteiger partial charge >= 0.3 is 0 Å². The molecule has 5 amide bonds. The number of amides is 5. The minimum atomic E-state index is -4.06. The summed E-state index contributed by atoms with van der Waals surface area (Å²) >= 11 is 2.99. The maximum absolute atomic E-state index is 14.6. The first kappa shape index (κ1) is 67.6. The molecule has 95 heavy (non-hydrogen) atoms. The molecule has 5 fully saturated rings. The van der Waals surface area contributed by atoms with Gasteiger partial charge in [-0.15, -0.1) is 11.3 Å². The molecular formula is C73H91N11O8S3. The molecule has 3 aromatic carbocycles. The van der Waals surface area contributed by atoms with Crippen LogP contribution in [0.25, 0.3) is 31.8 Å². The minimum Gasteiger partial charge on any atom is -0.391 e. The van der Waals surface area contributed by atoms with E-state index in [1.165, 1.54) is 54.8 Å². The molecule has 13 rings (SSSR count). The van der Waals surface area contributed by atoms with Gasteiger partial charge in [0.05, 0.1) is 50.4 Å². The van der Waals surface area contributed by atoms with Crippen LogP contribution in [0.1, 0.15) is 192 Å². The number of fused-ring (bicyclic) bond motifs is 2. The summed E-state index contributed by atoms with van der Waals surface area (Å²) in [6.45, 7) is 13.3. The summed E-state index contributed by atoms with van der Waals surface area (Å²) in [6.07, 6.45) is 16.7. The minimum absolute atomic E-state index is 0.00318. The highest BCUT2D eigenvalue weighted by molar-refractivity contribution is 7.90. The third-order valence-electron chi connectivity index (χ3n) is 20.6. The Balaban J connectivity index is 0.611. The van der Waals surface area contributed by atoms with Gasteiger partial charge in [0.1, 0.15) is 23.6 Å². The van der Waals surface area contributed by atoms with Crippen molar-refractivity contribution in [3.63, 3.8) is 0 Å². The molecule has 0 unspecified atom stereocenters. The third-order valence-corrected chi connectivity index (χ3v) is 23.9. The van der Waals surface area contributed by atoms with E-state index in [1.807, 2.05) is 131 Å². The number of aliphatic hydroxyl groups is 1. The van der Waals surface area contributed by atoms with Gasteiger partial charge in [-0.2, -0.15) is 5.10 Å². The molecule has 19 nitrogen and oxygen atoms in total. The highest BCUT2D eigenvalue weighted by atomic mass is 32.2. The molecule has 4 saturated carbocycles. The molecule has 504 valence electrons. The number of nitrogens with one attached hydrogen (secondary N) is 4. The zero-order valence-electron chi connectivity index (χ0n) is 55.6. The predicted octanol–water partition coefficient (Wildman–Crippen LogP) is 12.7. The second-order valence-corrected chi connectivity index (χ2v) is 32.6. The smallest absolute Gasteiger partial charge is 0.284 e. The third kappa shape index (κ3) is 15.7. The van der Waals surface area contributed by atoms with E-state index in [-0.39, 0.29) is 60.0 Å². The van der Waals surface area contributed by atoms with E-state index in [4.69, 9.17) is 10.1 Å². The summed E-state index contributed by atoms with van der Waals surface area (Å²) in [5, 5.41) is 25.3. The Kier molecular flexibility index (Phi) is 20.4. The Morgan fingerprint density at radius 1 is 0.779 bits per heavy atom. The number of para-hydroxylation sites is 1. The monoisotopic (exact) mass is 1350 g/mol. The van der Waals surface area contributed by atoms with Gasteiger partial charge in [-0.3, -0.25) is 34.0 Å². The number of carbonyl (C=O) groups excluding carboxylic acids is 5. The zero-order valence-corrected chi connectivity index (χ0v) is 58.1. The molecule has 22 heteroatoms. The molecule has 6 aliphatic rings. The predicted molar refractivity (Wildman–Crippen MR) is 373 cm³/mol. The van der Waals surface area contributed by atoms with Crippen molar-refractivity contribution in [3.05, 3.63) is 130 Å². The number of thiazole rings is 2. The van der Waals surface area contributed by atoms with E-state index in [0.29, 0.717) is 60.8 Å². The number of benzene rings is 3. The SMILES string of the molecule is Cc1ncsc1-c1ccc([C@H](C)NC(=O)[C@@H]2C[C@@H](O)CN2C(=O)[C@@H](NC(=O)CCCCCCCCCCCS(=O)(=O)NC(=O)c2nc(N3CCc4cccc(C(=O)Nc5nc6ccccc6s5)c4C3)ccc2-c2cnn(CC34CC5CC(CC(C5)C3)C4)c2C)C(C)(C)C)cc1. The first-order valence-corrected chi connectivity index (χ1v) is 37.6. The molecule has 2 aliphatic heterocycles. The molecule has 4 atom stereocenters. The highest BCUT2D eigenvalue weighted by Gasteiger charge is 2.51. The Bertz CT molecular complexity index is 4010. The van der Waals surface area contributed by atoms with Crippen molar-refractivity contribution in [1.29, 1.82) is 0 Å². The second kappa shape index (κ2) is 28.7. The number of hydrogen-bond donors (Lipinski definition) is 5. The number of carbonyl (C=O) groups is 5. The van der Waals surface area contributed by atoms with Crippen molar-refractivity contribution in [2.45, 2.75) is 194 Å². The van der Waals surface area contributed by atoms with Crippen molar-refractivity contribution in [3.8, 4) is 21.6 Å². The Morgan fingerprint density at radius 3 is 2.16 bits per heavy atom. The summed E-state index contributed by atoms with van der Waals surface area (Å²) in [5.74, 6) is 0.580. The fourth-order valence-corrected chi connectivity index (χ4v) is 18.8. The number of pyridine rings is 1. The number of likely N-dealkylation sites (tertiary alicyclic amines) is 1. The molecule has 4 aliphatic carbocycles. The average Bonchev–Trinajstić information content (AvgIpc) is 1.58. The number of nitrogens with zero attached hydrogens (tertiary/aromatic N) is 7. The number of β-amino-alcohol motifs (C(OH)–C–C–N with tert-alkyl or cyclic N) is 1. The lowest BCUT2D eigenvalue weighted by Gasteiger charge is -2.56. The van der Waals surface area contributed by atoms with Gasteiger partial charge in [0, 0.05) is 61.4 Å². The number of unbranched alkanes of at least 4 members (excludes halogenated alkanes) is 8. The van der Waals surface area contributed by atoms with Crippen molar-refractivity contribution in [1.82, 2.24) is 45.0 Å². The number of anilines is 2. The van der Waals surface area contributed by atoms with Crippen LogP contribution in [0, 0.1) is 42.4 Å². The quantitative estimate of drug-likeness (QED) is 0.0317. The molecule has 0 spiro atoms. The van der Waals surface area contributed by atoms with E-state index >= 15 is 0 Å². The maximum atomic E-state index is 14.6. The van der Waals surface area contributed by atoms with E-state index in [0.717, 1.165) is 117 Å². The first-order valence-electron chi connectivity index (χ1n) is 34.3. The Morgan fingerprint density at radius 2 is 1.47 bits per heavy atom. The molecular weight excluding hydrogens is 1260 g/mol. The topological polar surface area (TPSA) is 251 Å². The molecule has 5 N–H and O–H groups in total. The van der Waals surface area contributed by atoms with Crippen molar-refractivity contribution >= 4 is 83.4 Å². The van der Waals surface area contributed by atoms with Crippen LogP contribution in [0.3, 0.4) is 0 Å². The van der Waals surface area contributed by atoms with Crippen LogP contribution in [-0.4, -0.2) is 110 Å². The van der Waals surface area contributed by atoms with E-state index in [2.05, 4.69) is 35.3 Å². The van der Waals surface area contributed by atoms with Gasteiger partial charge in [0.15, 0.2) is 5.13 Å². The van der Waals surface area contributed by atoms with Gasteiger partial charge in [-0.05, 0) is 160 Å². The highest BCUT2D eigenvalue weighted by Crippen LogP contribution is 2.60. The lowest BCUT2D eigenvalue weighted by molar-refractivity contribution is -0.144. The molecule has 1 saturated heterocycles. The molecule has 4 bridgehead atoms. The largest absolute Gasteiger partial charge is 0.391 e. The molecule has 0 radical (unpaired) electrons. The second-order valence-electron chi connectivity index (χ2n) is 28.9. The van der Waals surface area contributed by atoms with Crippen molar-refractivity contribution in [2.75, 3.05) is 29.1 Å². The number of aromatic nitrogens is 5. The lowest BCUT2D eigenvalue weighted by atomic mass is 9.49. The van der Waals surface area contributed by atoms with Crippen molar-refractivity contribution in [2.24, 2.45) is 28.6 Å². The van der Waals surface area contributed by atoms with Gasteiger partial charge in [-0.1, -0.05) is 126 Å². The number of hydrogen-bond acceptors (Lipinski definition) is 15. The number of sulfonamides is 1. The van der Waals surface area contributed by atoms with E-state index in [9.17, 15) is 37.5 Å².